The normalized spacial score (nSPS) is 20.5. The van der Waals surface area contributed by atoms with Crippen LogP contribution in [-0.4, -0.2) is 24.3 Å². The van der Waals surface area contributed by atoms with Crippen LogP contribution in [0.15, 0.2) is 0 Å². The number of rotatable bonds is 2. The maximum atomic E-state index is 9.81. The second-order valence-electron chi connectivity index (χ2n) is 3.32. The minimum absolute atomic E-state index is 0. The van der Waals surface area contributed by atoms with Gasteiger partial charge in [-0.25, -0.2) is 0 Å². The quantitative estimate of drug-likeness (QED) is 0.736. The zero-order chi connectivity index (χ0) is 7.45. The summed E-state index contributed by atoms with van der Waals surface area (Å²) in [6.45, 7) is 0.757. The molecule has 12 heavy (non-hydrogen) atoms. The molecular formula is C8H19Cl2NO. The molecule has 0 radical (unpaired) electrons. The van der Waals surface area contributed by atoms with E-state index in [0.29, 0.717) is 0 Å². The van der Waals surface area contributed by atoms with Crippen molar-refractivity contribution >= 4 is 24.8 Å². The second kappa shape index (κ2) is 6.96. The molecule has 0 aliphatic heterocycles. The van der Waals surface area contributed by atoms with Gasteiger partial charge in [-0.05, 0) is 19.9 Å². The van der Waals surface area contributed by atoms with E-state index in [-0.39, 0.29) is 30.4 Å². The Morgan fingerprint density at radius 2 is 1.67 bits per heavy atom. The summed E-state index contributed by atoms with van der Waals surface area (Å²) in [4.78, 5) is 0. The fraction of sp³-hybridized carbons (Fsp3) is 1.00. The van der Waals surface area contributed by atoms with Gasteiger partial charge in [0.05, 0.1) is 5.60 Å². The van der Waals surface area contributed by atoms with Crippen molar-refractivity contribution in [2.24, 2.45) is 0 Å². The molecule has 2 N–H and O–H groups in total. The fourth-order valence-electron chi connectivity index (χ4n) is 1.72. The molecule has 2 nitrogen and oxygen atoms in total. The van der Waals surface area contributed by atoms with Gasteiger partial charge < -0.3 is 10.4 Å². The van der Waals surface area contributed by atoms with Crippen LogP contribution in [0.3, 0.4) is 0 Å². The first-order valence-corrected chi connectivity index (χ1v) is 4.14. The monoisotopic (exact) mass is 215 g/mol. The molecule has 0 spiro atoms. The number of likely N-dealkylation sites (N-methyl/N-ethyl adjacent to an activating group) is 1. The highest BCUT2D eigenvalue weighted by Crippen LogP contribution is 2.26. The number of nitrogens with one attached hydrogen (secondary N) is 1. The van der Waals surface area contributed by atoms with Crippen molar-refractivity contribution in [1.82, 2.24) is 5.32 Å². The van der Waals surface area contributed by atoms with Gasteiger partial charge in [-0.1, -0.05) is 19.3 Å². The molecule has 0 aromatic carbocycles. The summed E-state index contributed by atoms with van der Waals surface area (Å²) in [5, 5.41) is 12.8. The van der Waals surface area contributed by atoms with Gasteiger partial charge in [0.25, 0.3) is 0 Å². The number of aliphatic hydroxyl groups is 1. The van der Waals surface area contributed by atoms with Gasteiger partial charge in [-0.2, -0.15) is 0 Å². The summed E-state index contributed by atoms with van der Waals surface area (Å²) in [7, 11) is 1.90. The standard InChI is InChI=1S/C8H17NO.2ClH/c1-9-7-8(10)5-3-2-4-6-8;;/h9-10H,2-7H2,1H3;2*1H. The van der Waals surface area contributed by atoms with E-state index in [4.69, 9.17) is 0 Å². The van der Waals surface area contributed by atoms with Gasteiger partial charge in [-0.15, -0.1) is 24.8 Å². The first-order valence-electron chi connectivity index (χ1n) is 4.14. The lowest BCUT2D eigenvalue weighted by molar-refractivity contribution is 0.00658. The summed E-state index contributed by atoms with van der Waals surface area (Å²) < 4.78 is 0. The minimum atomic E-state index is -0.382. The maximum Gasteiger partial charge on any atom is 0.0771 e. The molecule has 0 saturated heterocycles. The van der Waals surface area contributed by atoms with Gasteiger partial charge in [0, 0.05) is 6.54 Å². The van der Waals surface area contributed by atoms with Crippen LogP contribution in [0.5, 0.6) is 0 Å². The lowest BCUT2D eigenvalue weighted by Crippen LogP contribution is -2.40. The van der Waals surface area contributed by atoms with E-state index >= 15 is 0 Å². The Morgan fingerprint density at radius 3 is 2.08 bits per heavy atom. The Balaban J connectivity index is 0. The van der Waals surface area contributed by atoms with E-state index in [0.717, 1.165) is 19.4 Å². The molecule has 4 heteroatoms. The Morgan fingerprint density at radius 1 is 1.17 bits per heavy atom. The minimum Gasteiger partial charge on any atom is -0.389 e. The molecule has 76 valence electrons. The lowest BCUT2D eigenvalue weighted by Gasteiger charge is -2.31. The first kappa shape index (κ1) is 15.0. The third-order valence-corrected chi connectivity index (χ3v) is 2.29. The van der Waals surface area contributed by atoms with Crippen LogP contribution < -0.4 is 5.32 Å². The highest BCUT2D eigenvalue weighted by Gasteiger charge is 2.27. The molecule has 0 heterocycles. The van der Waals surface area contributed by atoms with E-state index in [1.165, 1.54) is 19.3 Å². The summed E-state index contributed by atoms with van der Waals surface area (Å²) in [5.41, 5.74) is -0.382. The van der Waals surface area contributed by atoms with E-state index < -0.39 is 0 Å². The largest absolute Gasteiger partial charge is 0.389 e. The van der Waals surface area contributed by atoms with Crippen LogP contribution in [0, 0.1) is 0 Å². The molecule has 1 aliphatic carbocycles. The van der Waals surface area contributed by atoms with Crippen molar-refractivity contribution in [2.45, 2.75) is 37.7 Å². The van der Waals surface area contributed by atoms with Crippen molar-refractivity contribution in [1.29, 1.82) is 0 Å². The molecule has 0 atom stereocenters. The molecule has 1 fully saturated rings. The Hall–Kier alpha value is 0.500. The SMILES string of the molecule is CNCC1(O)CCCCC1.Cl.Cl. The molecule has 1 rings (SSSR count). The van der Waals surface area contributed by atoms with Gasteiger partial charge in [0.2, 0.25) is 0 Å². The highest BCUT2D eigenvalue weighted by atomic mass is 35.5. The van der Waals surface area contributed by atoms with E-state index in [2.05, 4.69) is 5.32 Å². The van der Waals surface area contributed by atoms with E-state index in [1.54, 1.807) is 0 Å². The summed E-state index contributed by atoms with van der Waals surface area (Å²) in [6.07, 6.45) is 5.64. The zero-order valence-corrected chi connectivity index (χ0v) is 9.14. The Kier molecular flexibility index (Phi) is 8.69. The average molecular weight is 216 g/mol. The fourth-order valence-corrected chi connectivity index (χ4v) is 1.72. The average Bonchev–Trinajstić information content (AvgIpc) is 1.89. The van der Waals surface area contributed by atoms with Crippen LogP contribution in [-0.2, 0) is 0 Å². The summed E-state index contributed by atoms with van der Waals surface area (Å²) in [5.74, 6) is 0. The van der Waals surface area contributed by atoms with E-state index in [9.17, 15) is 5.11 Å². The molecule has 1 saturated carbocycles. The van der Waals surface area contributed by atoms with Crippen LogP contribution >= 0.6 is 24.8 Å². The number of hydrogen-bond donors (Lipinski definition) is 2. The second-order valence-corrected chi connectivity index (χ2v) is 3.32. The van der Waals surface area contributed by atoms with Crippen LogP contribution in [0.2, 0.25) is 0 Å². The topological polar surface area (TPSA) is 32.3 Å². The number of halogens is 2. The highest BCUT2D eigenvalue weighted by molar-refractivity contribution is 5.85. The molecule has 0 aromatic rings. The van der Waals surface area contributed by atoms with Gasteiger partial charge in [0.1, 0.15) is 0 Å². The third-order valence-electron chi connectivity index (χ3n) is 2.29. The van der Waals surface area contributed by atoms with Crippen molar-refractivity contribution in [3.8, 4) is 0 Å². The van der Waals surface area contributed by atoms with Crippen molar-refractivity contribution in [2.75, 3.05) is 13.6 Å². The van der Waals surface area contributed by atoms with Crippen molar-refractivity contribution in [3.05, 3.63) is 0 Å². The molecule has 0 amide bonds. The molecule has 0 aromatic heterocycles. The van der Waals surface area contributed by atoms with Crippen LogP contribution in [0.25, 0.3) is 0 Å². The molecular weight excluding hydrogens is 197 g/mol. The van der Waals surface area contributed by atoms with Crippen molar-refractivity contribution in [3.63, 3.8) is 0 Å². The third kappa shape index (κ3) is 4.51. The molecule has 1 aliphatic rings. The smallest absolute Gasteiger partial charge is 0.0771 e. The summed E-state index contributed by atoms with van der Waals surface area (Å²) >= 11 is 0. The van der Waals surface area contributed by atoms with Gasteiger partial charge in [-0.3, -0.25) is 0 Å². The molecule has 0 bridgehead atoms. The predicted octanol–water partition coefficient (Wildman–Crippen LogP) is 1.74. The Labute approximate surface area is 86.9 Å². The van der Waals surface area contributed by atoms with E-state index in [1.807, 2.05) is 7.05 Å². The number of hydrogen-bond acceptors (Lipinski definition) is 2. The summed E-state index contributed by atoms with van der Waals surface area (Å²) in [6, 6.07) is 0. The van der Waals surface area contributed by atoms with Crippen LogP contribution in [0.4, 0.5) is 0 Å². The van der Waals surface area contributed by atoms with Crippen molar-refractivity contribution < 1.29 is 5.11 Å². The first-order chi connectivity index (χ1) is 4.77. The van der Waals surface area contributed by atoms with Crippen LogP contribution in [0.1, 0.15) is 32.1 Å². The lowest BCUT2D eigenvalue weighted by atomic mass is 9.85. The zero-order valence-electron chi connectivity index (χ0n) is 7.51. The van der Waals surface area contributed by atoms with Gasteiger partial charge in [0.15, 0.2) is 0 Å². The Bertz CT molecular complexity index is 99.7. The maximum absolute atomic E-state index is 9.81. The predicted molar refractivity (Wildman–Crippen MR) is 56.5 cm³/mol. The van der Waals surface area contributed by atoms with Gasteiger partial charge >= 0.3 is 0 Å². The molecule has 0 unspecified atom stereocenters.